The number of likely N-dealkylation sites (N-methyl/N-ethyl adjacent to an activating group) is 1. The monoisotopic (exact) mass is 357 g/mol. The molecule has 0 bridgehead atoms. The number of ether oxygens (including phenoxy) is 1. The van der Waals surface area contributed by atoms with Crippen molar-refractivity contribution in [2.24, 2.45) is 11.8 Å². The van der Waals surface area contributed by atoms with Crippen LogP contribution in [-0.4, -0.2) is 65.7 Å². The summed E-state index contributed by atoms with van der Waals surface area (Å²) in [6, 6.07) is -1.16. The molecule has 9 nitrogen and oxygen atoms in total. The van der Waals surface area contributed by atoms with Crippen molar-refractivity contribution in [2.75, 3.05) is 13.6 Å². The molecule has 1 aliphatic rings. The van der Waals surface area contributed by atoms with Gasteiger partial charge in [0, 0.05) is 26.4 Å². The third kappa shape index (κ3) is 5.91. The van der Waals surface area contributed by atoms with Crippen LogP contribution in [0.4, 0.5) is 4.79 Å². The zero-order valence-electron chi connectivity index (χ0n) is 15.2. The van der Waals surface area contributed by atoms with Gasteiger partial charge in [-0.2, -0.15) is 0 Å². The summed E-state index contributed by atoms with van der Waals surface area (Å²) in [6.45, 7) is 6.55. The molecule has 3 N–H and O–H groups in total. The molecule has 0 saturated heterocycles. The first-order valence-electron chi connectivity index (χ1n) is 8.10. The van der Waals surface area contributed by atoms with Crippen LogP contribution in [0, 0.1) is 11.8 Å². The zero-order valence-corrected chi connectivity index (χ0v) is 15.2. The van der Waals surface area contributed by atoms with Gasteiger partial charge in [0.2, 0.25) is 12.3 Å². The van der Waals surface area contributed by atoms with Gasteiger partial charge in [-0.1, -0.05) is 0 Å². The Balaban J connectivity index is 3.05. The lowest BCUT2D eigenvalue weighted by molar-refractivity contribution is -0.143. The predicted octanol–water partition coefficient (Wildman–Crippen LogP) is 0.193. The first kappa shape index (κ1) is 20.7. The Kier molecular flexibility index (Phi) is 6.78. The van der Waals surface area contributed by atoms with Gasteiger partial charge in [-0.15, -0.1) is 0 Å². The standard InChI is InChI=1S/C16H27N3O6/c1-9(21)17-7-11-10(14(22)23)6-12(19(5)8-20)13(11)18-15(24)25-16(2,3)4/h8,10-13H,6-7H2,1-5H3,(H,17,21)(H,18,24)(H,22,23)/t10-,11?,12+,13?/m1/s1. The van der Waals surface area contributed by atoms with E-state index in [2.05, 4.69) is 10.6 Å². The minimum absolute atomic E-state index is 0.0793. The number of nitrogens with zero attached hydrogens (tertiary/aromatic N) is 1. The summed E-state index contributed by atoms with van der Waals surface area (Å²) in [5.41, 5.74) is -0.714. The van der Waals surface area contributed by atoms with E-state index in [9.17, 15) is 24.3 Å². The number of hydrogen-bond donors (Lipinski definition) is 3. The van der Waals surface area contributed by atoms with E-state index < -0.39 is 41.6 Å². The Morgan fingerprint density at radius 3 is 2.36 bits per heavy atom. The number of aliphatic carboxylic acids is 1. The number of carboxylic acid groups (broad SMARTS) is 1. The van der Waals surface area contributed by atoms with Gasteiger partial charge >= 0.3 is 12.1 Å². The van der Waals surface area contributed by atoms with Crippen LogP contribution in [-0.2, 0) is 19.1 Å². The summed E-state index contributed by atoms with van der Waals surface area (Å²) in [4.78, 5) is 47.5. The lowest BCUT2D eigenvalue weighted by Gasteiger charge is -2.31. The summed E-state index contributed by atoms with van der Waals surface area (Å²) < 4.78 is 5.24. The number of rotatable bonds is 6. The van der Waals surface area contributed by atoms with Crippen molar-refractivity contribution in [1.29, 1.82) is 0 Å². The van der Waals surface area contributed by atoms with Gasteiger partial charge in [0.25, 0.3) is 0 Å². The number of carbonyl (C=O) groups is 4. The highest BCUT2D eigenvalue weighted by Crippen LogP contribution is 2.35. The molecular formula is C16H27N3O6. The number of amides is 3. The Hall–Kier alpha value is -2.32. The van der Waals surface area contributed by atoms with Gasteiger partial charge < -0.3 is 25.4 Å². The van der Waals surface area contributed by atoms with Crippen molar-refractivity contribution in [2.45, 2.75) is 51.8 Å². The molecule has 0 aliphatic heterocycles. The van der Waals surface area contributed by atoms with Crippen molar-refractivity contribution in [1.82, 2.24) is 15.5 Å². The number of carboxylic acids is 1. The van der Waals surface area contributed by atoms with Gasteiger partial charge in [0.15, 0.2) is 0 Å². The molecule has 142 valence electrons. The second kappa shape index (κ2) is 8.17. The Bertz CT molecular complexity index is 530. The van der Waals surface area contributed by atoms with Crippen LogP contribution in [0.15, 0.2) is 0 Å². The molecular weight excluding hydrogens is 330 g/mol. The van der Waals surface area contributed by atoms with Gasteiger partial charge in [-0.3, -0.25) is 14.4 Å². The van der Waals surface area contributed by atoms with Crippen molar-refractivity contribution in [3.8, 4) is 0 Å². The molecule has 0 aromatic rings. The third-order valence-electron chi connectivity index (χ3n) is 4.16. The molecule has 0 radical (unpaired) electrons. The van der Waals surface area contributed by atoms with Gasteiger partial charge in [0.05, 0.1) is 18.0 Å². The number of hydrogen-bond acceptors (Lipinski definition) is 5. The molecule has 25 heavy (non-hydrogen) atoms. The molecule has 1 fully saturated rings. The Morgan fingerprint density at radius 1 is 1.32 bits per heavy atom. The van der Waals surface area contributed by atoms with E-state index in [1.54, 1.807) is 20.8 Å². The normalized spacial score (nSPS) is 25.8. The van der Waals surface area contributed by atoms with E-state index in [4.69, 9.17) is 4.74 Å². The van der Waals surface area contributed by atoms with Crippen molar-refractivity contribution < 1.29 is 29.0 Å². The second-order valence-electron chi connectivity index (χ2n) is 7.29. The van der Waals surface area contributed by atoms with Gasteiger partial charge in [-0.05, 0) is 27.2 Å². The maximum atomic E-state index is 12.2. The highest BCUT2D eigenvalue weighted by Gasteiger charge is 2.49. The van der Waals surface area contributed by atoms with Crippen LogP contribution >= 0.6 is 0 Å². The Labute approximate surface area is 147 Å². The topological polar surface area (TPSA) is 125 Å². The van der Waals surface area contributed by atoms with E-state index in [-0.39, 0.29) is 18.9 Å². The van der Waals surface area contributed by atoms with Crippen molar-refractivity contribution in [3.63, 3.8) is 0 Å². The Morgan fingerprint density at radius 2 is 1.92 bits per heavy atom. The molecule has 1 saturated carbocycles. The first-order chi connectivity index (χ1) is 11.5. The largest absolute Gasteiger partial charge is 0.481 e. The molecule has 2 unspecified atom stereocenters. The maximum absolute atomic E-state index is 12.2. The number of carbonyl (C=O) groups excluding carboxylic acids is 3. The fourth-order valence-electron chi connectivity index (χ4n) is 3.08. The lowest BCUT2D eigenvalue weighted by Crippen LogP contribution is -2.53. The average Bonchev–Trinajstić information content (AvgIpc) is 2.80. The maximum Gasteiger partial charge on any atom is 0.407 e. The third-order valence-corrected chi connectivity index (χ3v) is 4.16. The fourth-order valence-corrected chi connectivity index (χ4v) is 3.08. The summed E-state index contributed by atoms with van der Waals surface area (Å²) in [5, 5.41) is 14.8. The minimum Gasteiger partial charge on any atom is -0.481 e. The molecule has 3 amide bonds. The van der Waals surface area contributed by atoms with E-state index in [0.717, 1.165) is 0 Å². The molecule has 0 aromatic carbocycles. The summed E-state index contributed by atoms with van der Waals surface area (Å²) in [5.74, 6) is -2.71. The number of alkyl carbamates (subject to hydrolysis) is 1. The molecule has 0 heterocycles. The highest BCUT2D eigenvalue weighted by molar-refractivity contribution is 5.74. The quantitative estimate of drug-likeness (QED) is 0.583. The molecule has 4 atom stereocenters. The fraction of sp³-hybridized carbons (Fsp3) is 0.750. The summed E-state index contributed by atoms with van der Waals surface area (Å²) >= 11 is 0. The molecule has 9 heteroatoms. The molecule has 0 aromatic heterocycles. The second-order valence-corrected chi connectivity index (χ2v) is 7.29. The smallest absolute Gasteiger partial charge is 0.407 e. The van der Waals surface area contributed by atoms with Crippen LogP contribution < -0.4 is 10.6 Å². The highest BCUT2D eigenvalue weighted by atomic mass is 16.6. The van der Waals surface area contributed by atoms with E-state index in [0.29, 0.717) is 6.41 Å². The summed E-state index contributed by atoms with van der Waals surface area (Å²) in [7, 11) is 1.53. The lowest BCUT2D eigenvalue weighted by atomic mass is 9.93. The zero-order chi connectivity index (χ0) is 19.4. The van der Waals surface area contributed by atoms with Gasteiger partial charge in [-0.25, -0.2) is 4.79 Å². The molecule has 1 rings (SSSR count). The van der Waals surface area contributed by atoms with E-state index in [1.165, 1.54) is 18.9 Å². The molecule has 0 spiro atoms. The van der Waals surface area contributed by atoms with E-state index >= 15 is 0 Å². The molecule has 1 aliphatic carbocycles. The van der Waals surface area contributed by atoms with Crippen molar-refractivity contribution in [3.05, 3.63) is 0 Å². The minimum atomic E-state index is -1.03. The van der Waals surface area contributed by atoms with Crippen LogP contribution in [0.3, 0.4) is 0 Å². The van der Waals surface area contributed by atoms with Crippen LogP contribution in [0.1, 0.15) is 34.1 Å². The predicted molar refractivity (Wildman–Crippen MR) is 88.7 cm³/mol. The average molecular weight is 357 g/mol. The van der Waals surface area contributed by atoms with Crippen molar-refractivity contribution >= 4 is 24.4 Å². The van der Waals surface area contributed by atoms with Crippen LogP contribution in [0.5, 0.6) is 0 Å². The SMILES string of the molecule is CC(=O)NCC1C(NC(=O)OC(C)(C)C)[C@@H](N(C)C=O)C[C@H]1C(=O)O. The number of nitrogens with one attached hydrogen (secondary N) is 2. The van der Waals surface area contributed by atoms with Crippen LogP contribution in [0.2, 0.25) is 0 Å². The van der Waals surface area contributed by atoms with Crippen LogP contribution in [0.25, 0.3) is 0 Å². The summed E-state index contributed by atoms with van der Waals surface area (Å²) in [6.07, 6.45) is 0.0735. The van der Waals surface area contributed by atoms with Gasteiger partial charge in [0.1, 0.15) is 5.60 Å². The first-order valence-corrected chi connectivity index (χ1v) is 8.10. The van der Waals surface area contributed by atoms with E-state index in [1.807, 2.05) is 0 Å².